The van der Waals surface area contributed by atoms with Gasteiger partial charge >= 0.3 is 0 Å². The van der Waals surface area contributed by atoms with Gasteiger partial charge in [-0.2, -0.15) is 0 Å². The van der Waals surface area contributed by atoms with Crippen molar-refractivity contribution in [3.05, 3.63) is 53.1 Å². The van der Waals surface area contributed by atoms with Crippen molar-refractivity contribution in [2.45, 2.75) is 26.8 Å². The summed E-state index contributed by atoms with van der Waals surface area (Å²) < 4.78 is 10.5. The molecule has 0 saturated carbocycles. The van der Waals surface area contributed by atoms with Crippen LogP contribution in [0.2, 0.25) is 0 Å². The molecule has 0 heterocycles. The van der Waals surface area contributed by atoms with Gasteiger partial charge in [0.15, 0.2) is 11.5 Å². The number of amides is 1. The third kappa shape index (κ3) is 4.97. The van der Waals surface area contributed by atoms with E-state index in [-0.39, 0.29) is 12.5 Å². The highest BCUT2D eigenvalue weighted by molar-refractivity contribution is 5.93. The molecule has 0 bridgehead atoms. The fourth-order valence-electron chi connectivity index (χ4n) is 2.70. The van der Waals surface area contributed by atoms with E-state index in [1.54, 1.807) is 14.2 Å². The molecule has 25 heavy (non-hydrogen) atoms. The average molecular weight is 342 g/mol. The third-order valence-electron chi connectivity index (χ3n) is 4.07. The number of carbonyl (C=O) groups excluding carboxylic acids is 1. The van der Waals surface area contributed by atoms with Crippen LogP contribution >= 0.6 is 0 Å². The molecule has 0 spiro atoms. The molecule has 134 valence electrons. The molecule has 2 N–H and O–H groups in total. The Labute approximate surface area is 149 Å². The second-order valence-electron chi connectivity index (χ2n) is 5.80. The first-order valence-corrected chi connectivity index (χ1v) is 8.39. The quantitative estimate of drug-likeness (QED) is 0.773. The molecule has 5 heteroatoms. The topological polar surface area (TPSA) is 59.6 Å². The smallest absolute Gasteiger partial charge is 0.238 e. The largest absolute Gasteiger partial charge is 0.493 e. The Kier molecular flexibility index (Phi) is 6.83. The lowest BCUT2D eigenvalue weighted by Crippen LogP contribution is -2.28. The monoisotopic (exact) mass is 342 g/mol. The van der Waals surface area contributed by atoms with Crippen molar-refractivity contribution < 1.29 is 14.3 Å². The Morgan fingerprint density at radius 1 is 1.08 bits per heavy atom. The lowest BCUT2D eigenvalue weighted by Gasteiger charge is -2.13. The summed E-state index contributed by atoms with van der Waals surface area (Å²) >= 11 is 0. The summed E-state index contributed by atoms with van der Waals surface area (Å²) in [4.78, 5) is 12.2. The SMILES string of the molecule is CCc1cccc(C)c1NC(=O)CNCc1ccc(OC)c(OC)c1. The second kappa shape index (κ2) is 9.08. The summed E-state index contributed by atoms with van der Waals surface area (Å²) in [6.07, 6.45) is 0.885. The van der Waals surface area contributed by atoms with Crippen LogP contribution in [-0.2, 0) is 17.8 Å². The molecule has 0 atom stereocenters. The minimum atomic E-state index is -0.0514. The van der Waals surface area contributed by atoms with Crippen LogP contribution < -0.4 is 20.1 Å². The van der Waals surface area contributed by atoms with Gasteiger partial charge in [-0.25, -0.2) is 0 Å². The fourth-order valence-corrected chi connectivity index (χ4v) is 2.70. The van der Waals surface area contributed by atoms with Crippen molar-refractivity contribution in [1.29, 1.82) is 0 Å². The molecular formula is C20H26N2O3. The highest BCUT2D eigenvalue weighted by Crippen LogP contribution is 2.27. The normalized spacial score (nSPS) is 10.4. The lowest BCUT2D eigenvalue weighted by molar-refractivity contribution is -0.115. The maximum absolute atomic E-state index is 12.2. The van der Waals surface area contributed by atoms with E-state index in [2.05, 4.69) is 17.6 Å². The first kappa shape index (κ1) is 18.8. The molecule has 2 aromatic rings. The summed E-state index contributed by atoms with van der Waals surface area (Å²) in [5.74, 6) is 1.32. The number of anilines is 1. The molecule has 5 nitrogen and oxygen atoms in total. The first-order valence-electron chi connectivity index (χ1n) is 8.39. The zero-order valence-corrected chi connectivity index (χ0v) is 15.3. The van der Waals surface area contributed by atoms with Crippen molar-refractivity contribution in [3.63, 3.8) is 0 Å². The van der Waals surface area contributed by atoms with Gasteiger partial charge in [0.05, 0.1) is 20.8 Å². The Morgan fingerprint density at radius 3 is 2.52 bits per heavy atom. The number of carbonyl (C=O) groups is 1. The third-order valence-corrected chi connectivity index (χ3v) is 4.07. The number of rotatable bonds is 8. The number of hydrogen-bond acceptors (Lipinski definition) is 4. The number of hydrogen-bond donors (Lipinski definition) is 2. The van der Waals surface area contributed by atoms with E-state index in [9.17, 15) is 4.79 Å². The Balaban J connectivity index is 1.91. The molecule has 2 rings (SSSR count). The maximum Gasteiger partial charge on any atom is 0.238 e. The highest BCUT2D eigenvalue weighted by atomic mass is 16.5. The Morgan fingerprint density at radius 2 is 1.84 bits per heavy atom. The molecule has 0 fully saturated rings. The minimum Gasteiger partial charge on any atom is -0.493 e. The Bertz CT molecular complexity index is 729. The van der Waals surface area contributed by atoms with Gasteiger partial charge in [0, 0.05) is 12.2 Å². The fraction of sp³-hybridized carbons (Fsp3) is 0.350. The molecule has 0 aliphatic heterocycles. The first-order chi connectivity index (χ1) is 12.1. The van der Waals surface area contributed by atoms with Gasteiger partial charge < -0.3 is 20.1 Å². The molecule has 0 saturated heterocycles. The van der Waals surface area contributed by atoms with Gasteiger partial charge in [-0.3, -0.25) is 4.79 Å². The summed E-state index contributed by atoms with van der Waals surface area (Å²) in [5, 5.41) is 6.17. The van der Waals surface area contributed by atoms with Crippen LogP contribution in [0.3, 0.4) is 0 Å². The molecule has 0 aliphatic rings. The van der Waals surface area contributed by atoms with Crippen LogP contribution in [0.4, 0.5) is 5.69 Å². The van der Waals surface area contributed by atoms with Crippen LogP contribution in [0.1, 0.15) is 23.6 Å². The standard InChI is InChI=1S/C20H26N2O3/c1-5-16-8-6-7-14(2)20(16)22-19(23)13-21-12-15-9-10-17(24-3)18(11-15)25-4/h6-11,21H,5,12-13H2,1-4H3,(H,22,23). The van der Waals surface area contributed by atoms with Crippen molar-refractivity contribution in [3.8, 4) is 11.5 Å². The van der Waals surface area contributed by atoms with Gasteiger partial charge in [-0.15, -0.1) is 0 Å². The van der Waals surface area contributed by atoms with E-state index < -0.39 is 0 Å². The minimum absolute atomic E-state index is 0.0514. The summed E-state index contributed by atoms with van der Waals surface area (Å²) in [7, 11) is 3.21. The summed E-state index contributed by atoms with van der Waals surface area (Å²) in [6, 6.07) is 11.8. The van der Waals surface area contributed by atoms with E-state index in [0.29, 0.717) is 18.0 Å². The van der Waals surface area contributed by atoms with Crippen molar-refractivity contribution in [2.24, 2.45) is 0 Å². The Hall–Kier alpha value is -2.53. The van der Waals surface area contributed by atoms with E-state index in [0.717, 1.165) is 28.8 Å². The summed E-state index contributed by atoms with van der Waals surface area (Å²) in [5.41, 5.74) is 4.17. The maximum atomic E-state index is 12.2. The predicted molar refractivity (Wildman–Crippen MR) is 100 cm³/mol. The molecule has 0 unspecified atom stereocenters. The van der Waals surface area contributed by atoms with Crippen molar-refractivity contribution in [1.82, 2.24) is 5.32 Å². The molecule has 0 aromatic heterocycles. The van der Waals surface area contributed by atoms with E-state index in [4.69, 9.17) is 9.47 Å². The number of nitrogens with one attached hydrogen (secondary N) is 2. The van der Waals surface area contributed by atoms with Crippen LogP contribution in [0.5, 0.6) is 11.5 Å². The van der Waals surface area contributed by atoms with Gasteiger partial charge in [0.25, 0.3) is 0 Å². The van der Waals surface area contributed by atoms with Crippen LogP contribution in [0.15, 0.2) is 36.4 Å². The number of methoxy groups -OCH3 is 2. The molecule has 0 radical (unpaired) electrons. The number of para-hydroxylation sites is 1. The van der Waals surface area contributed by atoms with E-state index in [1.807, 2.05) is 43.3 Å². The van der Waals surface area contributed by atoms with Gasteiger partial charge in [0.1, 0.15) is 0 Å². The van der Waals surface area contributed by atoms with Crippen LogP contribution in [0, 0.1) is 6.92 Å². The number of benzene rings is 2. The van der Waals surface area contributed by atoms with Crippen LogP contribution in [-0.4, -0.2) is 26.7 Å². The predicted octanol–water partition coefficient (Wildman–Crippen LogP) is 3.30. The van der Waals surface area contributed by atoms with Crippen molar-refractivity contribution >= 4 is 11.6 Å². The van der Waals surface area contributed by atoms with Crippen LogP contribution in [0.25, 0.3) is 0 Å². The number of ether oxygens (including phenoxy) is 2. The lowest BCUT2D eigenvalue weighted by atomic mass is 10.1. The van der Waals surface area contributed by atoms with E-state index >= 15 is 0 Å². The zero-order chi connectivity index (χ0) is 18.2. The summed E-state index contributed by atoms with van der Waals surface area (Å²) in [6.45, 7) is 4.90. The second-order valence-corrected chi connectivity index (χ2v) is 5.80. The molecular weight excluding hydrogens is 316 g/mol. The number of aryl methyl sites for hydroxylation is 2. The van der Waals surface area contributed by atoms with Gasteiger partial charge in [0.2, 0.25) is 5.91 Å². The van der Waals surface area contributed by atoms with Gasteiger partial charge in [-0.05, 0) is 42.2 Å². The van der Waals surface area contributed by atoms with E-state index in [1.165, 1.54) is 0 Å². The van der Waals surface area contributed by atoms with Gasteiger partial charge in [-0.1, -0.05) is 31.2 Å². The molecule has 2 aromatic carbocycles. The van der Waals surface area contributed by atoms with Crippen molar-refractivity contribution in [2.75, 3.05) is 26.1 Å². The molecule has 1 amide bonds. The zero-order valence-electron chi connectivity index (χ0n) is 15.3. The highest BCUT2D eigenvalue weighted by Gasteiger charge is 2.09. The average Bonchev–Trinajstić information content (AvgIpc) is 2.63. The molecule has 0 aliphatic carbocycles.